The third-order valence-electron chi connectivity index (χ3n) is 5.80. The molecule has 1 aliphatic carbocycles. The lowest BCUT2D eigenvalue weighted by atomic mass is 9.94. The van der Waals surface area contributed by atoms with Crippen LogP contribution in [0.1, 0.15) is 29.6 Å². The van der Waals surface area contributed by atoms with Crippen molar-refractivity contribution in [1.82, 2.24) is 9.80 Å². The molecule has 0 spiro atoms. The minimum Gasteiger partial charge on any atom is -0.497 e. The van der Waals surface area contributed by atoms with Gasteiger partial charge in [0.25, 0.3) is 5.91 Å². The fraction of sp³-hybridized carbons (Fsp3) is 0.600. The van der Waals surface area contributed by atoms with Gasteiger partial charge >= 0.3 is 0 Å². The zero-order chi connectivity index (χ0) is 19.4. The molecule has 0 aromatic heterocycles. The SMILES string of the molecule is COc1ccc(C(=O)N2CCN(C(=O)[C@@H]3CCC[C@@H]3CN)CC2)c(OC)c1.Cl. The molecule has 2 fully saturated rings. The van der Waals surface area contributed by atoms with Crippen LogP contribution in [0.3, 0.4) is 0 Å². The van der Waals surface area contributed by atoms with Crippen LogP contribution >= 0.6 is 12.4 Å². The summed E-state index contributed by atoms with van der Waals surface area (Å²) in [6.07, 6.45) is 3.06. The smallest absolute Gasteiger partial charge is 0.257 e. The van der Waals surface area contributed by atoms with Crippen molar-refractivity contribution >= 4 is 24.2 Å². The van der Waals surface area contributed by atoms with Gasteiger partial charge in [0.05, 0.1) is 19.8 Å². The van der Waals surface area contributed by atoms with Gasteiger partial charge < -0.3 is 25.0 Å². The van der Waals surface area contributed by atoms with Crippen molar-refractivity contribution in [2.45, 2.75) is 19.3 Å². The maximum atomic E-state index is 12.9. The van der Waals surface area contributed by atoms with Crippen LogP contribution in [0.2, 0.25) is 0 Å². The highest BCUT2D eigenvalue weighted by atomic mass is 35.5. The van der Waals surface area contributed by atoms with Crippen LogP contribution in [-0.4, -0.2) is 68.6 Å². The molecule has 2 atom stereocenters. The van der Waals surface area contributed by atoms with Crippen molar-refractivity contribution in [3.8, 4) is 11.5 Å². The van der Waals surface area contributed by atoms with E-state index in [0.29, 0.717) is 55.7 Å². The number of nitrogens with zero attached hydrogens (tertiary/aromatic N) is 2. The molecule has 8 heteroatoms. The minimum absolute atomic E-state index is 0. The average molecular weight is 412 g/mol. The molecule has 0 bridgehead atoms. The van der Waals surface area contributed by atoms with Gasteiger partial charge in [-0.15, -0.1) is 12.4 Å². The molecule has 156 valence electrons. The summed E-state index contributed by atoms with van der Waals surface area (Å²) in [5.41, 5.74) is 6.33. The summed E-state index contributed by atoms with van der Waals surface area (Å²) in [7, 11) is 3.11. The minimum atomic E-state index is -0.0812. The fourth-order valence-electron chi connectivity index (χ4n) is 4.15. The van der Waals surface area contributed by atoms with Crippen molar-refractivity contribution in [2.24, 2.45) is 17.6 Å². The number of ether oxygens (including phenoxy) is 2. The van der Waals surface area contributed by atoms with E-state index in [1.807, 2.05) is 4.90 Å². The van der Waals surface area contributed by atoms with Crippen molar-refractivity contribution in [2.75, 3.05) is 46.9 Å². The highest BCUT2D eigenvalue weighted by Gasteiger charge is 2.36. The highest BCUT2D eigenvalue weighted by molar-refractivity contribution is 5.97. The standard InChI is InChI=1S/C20H29N3O4.ClH/c1-26-15-6-7-17(18(12-15)27-2)20(25)23-10-8-22(9-11-23)19(24)16-5-3-4-14(16)13-21;/h6-7,12,14,16H,3-5,8-11,13,21H2,1-2H3;1H/t14-,16-;/m1./s1. The van der Waals surface area contributed by atoms with E-state index in [-0.39, 0.29) is 30.1 Å². The molecule has 2 amide bonds. The molecule has 0 unspecified atom stereocenters. The molecule has 1 saturated heterocycles. The lowest BCUT2D eigenvalue weighted by Crippen LogP contribution is -2.52. The normalized spacial score (nSPS) is 21.8. The largest absolute Gasteiger partial charge is 0.497 e. The second-order valence-electron chi connectivity index (χ2n) is 7.22. The summed E-state index contributed by atoms with van der Waals surface area (Å²) in [6, 6.07) is 5.19. The van der Waals surface area contributed by atoms with Crippen LogP contribution in [0.15, 0.2) is 18.2 Å². The first-order chi connectivity index (χ1) is 13.1. The first-order valence-corrected chi connectivity index (χ1v) is 9.59. The van der Waals surface area contributed by atoms with E-state index in [0.717, 1.165) is 19.3 Å². The van der Waals surface area contributed by atoms with E-state index in [1.54, 1.807) is 30.2 Å². The van der Waals surface area contributed by atoms with Gasteiger partial charge in [0, 0.05) is 38.2 Å². The van der Waals surface area contributed by atoms with Crippen LogP contribution < -0.4 is 15.2 Å². The summed E-state index contributed by atoms with van der Waals surface area (Å²) < 4.78 is 10.5. The van der Waals surface area contributed by atoms with E-state index < -0.39 is 0 Å². The topological polar surface area (TPSA) is 85.1 Å². The maximum Gasteiger partial charge on any atom is 0.257 e. The zero-order valence-electron chi connectivity index (χ0n) is 16.6. The lowest BCUT2D eigenvalue weighted by molar-refractivity contribution is -0.138. The molecule has 2 aliphatic rings. The van der Waals surface area contributed by atoms with Gasteiger partial charge in [0.15, 0.2) is 0 Å². The van der Waals surface area contributed by atoms with Gasteiger partial charge in [-0.1, -0.05) is 6.42 Å². The molecule has 28 heavy (non-hydrogen) atoms. The Morgan fingerprint density at radius 2 is 1.75 bits per heavy atom. The zero-order valence-corrected chi connectivity index (χ0v) is 17.4. The maximum absolute atomic E-state index is 12.9. The molecule has 2 N–H and O–H groups in total. The van der Waals surface area contributed by atoms with Crippen LogP contribution in [0.25, 0.3) is 0 Å². The Kier molecular flexibility index (Phi) is 7.95. The quantitative estimate of drug-likeness (QED) is 0.798. The number of carbonyl (C=O) groups excluding carboxylic acids is 2. The number of rotatable bonds is 5. The van der Waals surface area contributed by atoms with Gasteiger partial charge in [-0.05, 0) is 37.4 Å². The molecule has 1 aromatic carbocycles. The Labute approximate surface area is 172 Å². The fourth-order valence-corrected chi connectivity index (χ4v) is 4.15. The predicted molar refractivity (Wildman–Crippen MR) is 109 cm³/mol. The molecule has 7 nitrogen and oxygen atoms in total. The van der Waals surface area contributed by atoms with Crippen molar-refractivity contribution < 1.29 is 19.1 Å². The summed E-state index contributed by atoms with van der Waals surface area (Å²) in [4.78, 5) is 29.4. The number of hydrogen-bond donors (Lipinski definition) is 1. The van der Waals surface area contributed by atoms with Gasteiger partial charge in [0.1, 0.15) is 11.5 Å². The first-order valence-electron chi connectivity index (χ1n) is 9.59. The Morgan fingerprint density at radius 1 is 1.07 bits per heavy atom. The van der Waals surface area contributed by atoms with Crippen LogP contribution in [0, 0.1) is 11.8 Å². The second-order valence-corrected chi connectivity index (χ2v) is 7.22. The predicted octanol–water partition coefficient (Wildman–Crippen LogP) is 1.79. The summed E-state index contributed by atoms with van der Waals surface area (Å²) in [5.74, 6) is 1.62. The summed E-state index contributed by atoms with van der Waals surface area (Å²) in [6.45, 7) is 2.76. The highest BCUT2D eigenvalue weighted by Crippen LogP contribution is 2.33. The lowest BCUT2D eigenvalue weighted by Gasteiger charge is -2.37. The number of carbonyl (C=O) groups is 2. The number of nitrogens with two attached hydrogens (primary N) is 1. The third-order valence-corrected chi connectivity index (χ3v) is 5.80. The molecule has 1 aromatic rings. The first kappa shape index (κ1) is 22.3. The summed E-state index contributed by atoms with van der Waals surface area (Å²) in [5, 5.41) is 0. The Hall–Kier alpha value is -1.99. The Morgan fingerprint density at radius 3 is 2.36 bits per heavy atom. The molecule has 0 radical (unpaired) electrons. The Balaban J connectivity index is 0.00000280. The number of hydrogen-bond acceptors (Lipinski definition) is 5. The van der Waals surface area contributed by atoms with E-state index in [1.165, 1.54) is 7.11 Å². The Bertz CT molecular complexity index is 692. The van der Waals surface area contributed by atoms with E-state index in [2.05, 4.69) is 0 Å². The van der Waals surface area contributed by atoms with Gasteiger partial charge in [0.2, 0.25) is 5.91 Å². The van der Waals surface area contributed by atoms with Gasteiger partial charge in [-0.3, -0.25) is 9.59 Å². The van der Waals surface area contributed by atoms with Crippen LogP contribution in [0.4, 0.5) is 0 Å². The number of benzene rings is 1. The van der Waals surface area contributed by atoms with E-state index >= 15 is 0 Å². The number of halogens is 1. The number of piperazine rings is 1. The number of amides is 2. The molecule has 1 aliphatic heterocycles. The van der Waals surface area contributed by atoms with Gasteiger partial charge in [-0.25, -0.2) is 0 Å². The number of methoxy groups -OCH3 is 2. The molecule has 1 saturated carbocycles. The second kappa shape index (κ2) is 9.98. The molecular formula is C20H30ClN3O4. The third kappa shape index (κ3) is 4.52. The average Bonchev–Trinajstić information content (AvgIpc) is 3.21. The monoisotopic (exact) mass is 411 g/mol. The van der Waals surface area contributed by atoms with E-state index in [4.69, 9.17) is 15.2 Å². The van der Waals surface area contributed by atoms with Crippen LogP contribution in [0.5, 0.6) is 11.5 Å². The molecular weight excluding hydrogens is 382 g/mol. The van der Waals surface area contributed by atoms with Crippen molar-refractivity contribution in [3.05, 3.63) is 23.8 Å². The van der Waals surface area contributed by atoms with Crippen molar-refractivity contribution in [3.63, 3.8) is 0 Å². The van der Waals surface area contributed by atoms with Gasteiger partial charge in [-0.2, -0.15) is 0 Å². The van der Waals surface area contributed by atoms with E-state index in [9.17, 15) is 9.59 Å². The molecule has 3 rings (SSSR count). The van der Waals surface area contributed by atoms with Crippen LogP contribution in [-0.2, 0) is 4.79 Å². The molecule has 1 heterocycles. The summed E-state index contributed by atoms with van der Waals surface area (Å²) >= 11 is 0. The van der Waals surface area contributed by atoms with Crippen molar-refractivity contribution in [1.29, 1.82) is 0 Å².